The number of carbonyl (C=O) groups excluding carboxylic acids is 2. The van der Waals surface area contributed by atoms with E-state index in [-0.39, 0.29) is 5.92 Å². The van der Waals surface area contributed by atoms with Crippen LogP contribution in [0.15, 0.2) is 60.7 Å². The van der Waals surface area contributed by atoms with Crippen LogP contribution in [0.1, 0.15) is 26.3 Å². The lowest BCUT2D eigenvalue weighted by Gasteiger charge is -2.27. The number of nitrogens with one attached hydrogen (secondary N) is 1. The standard InChI is InChI=1S/C23H24N2O4/c1-17(2)23(3,16-24)25-21(26)15-28-22(27)13-12-18-8-7-11-20(14-18)29-19-9-5-4-6-10-19/h4-14,17H,15H2,1-3H3,(H,25,26)/b13-12+. The predicted molar refractivity (Wildman–Crippen MR) is 110 cm³/mol. The quantitative estimate of drug-likeness (QED) is 0.540. The van der Waals surface area contributed by atoms with Crippen LogP contribution in [0.4, 0.5) is 0 Å². The highest BCUT2D eigenvalue weighted by Crippen LogP contribution is 2.22. The molecule has 2 aromatic rings. The number of carbonyl (C=O) groups is 2. The first-order valence-corrected chi connectivity index (χ1v) is 9.22. The molecule has 0 saturated heterocycles. The van der Waals surface area contributed by atoms with Gasteiger partial charge in [-0.05, 0) is 48.7 Å². The number of hydrogen-bond donors (Lipinski definition) is 1. The minimum absolute atomic E-state index is 0.0857. The molecule has 0 heterocycles. The van der Waals surface area contributed by atoms with Gasteiger partial charge in [-0.3, -0.25) is 4.79 Å². The lowest BCUT2D eigenvalue weighted by molar-refractivity contribution is -0.144. The lowest BCUT2D eigenvalue weighted by Crippen LogP contribution is -2.50. The van der Waals surface area contributed by atoms with Crippen molar-refractivity contribution in [3.63, 3.8) is 0 Å². The summed E-state index contributed by atoms with van der Waals surface area (Å²) in [6.45, 7) is 4.83. The Bertz CT molecular complexity index is 916. The number of nitrogens with zero attached hydrogens (tertiary/aromatic N) is 1. The molecule has 1 unspecified atom stereocenters. The van der Waals surface area contributed by atoms with E-state index < -0.39 is 24.0 Å². The molecule has 0 aromatic heterocycles. The van der Waals surface area contributed by atoms with Gasteiger partial charge in [0.25, 0.3) is 5.91 Å². The second-order valence-electron chi connectivity index (χ2n) is 6.95. The molecule has 0 aliphatic rings. The van der Waals surface area contributed by atoms with Gasteiger partial charge in [0, 0.05) is 6.08 Å². The summed E-state index contributed by atoms with van der Waals surface area (Å²) in [5.74, 6) is 0.0818. The highest BCUT2D eigenvalue weighted by molar-refractivity contribution is 5.89. The molecule has 1 amide bonds. The van der Waals surface area contributed by atoms with Crippen molar-refractivity contribution in [2.75, 3.05) is 6.61 Å². The van der Waals surface area contributed by atoms with Crippen molar-refractivity contribution < 1.29 is 19.1 Å². The smallest absolute Gasteiger partial charge is 0.331 e. The van der Waals surface area contributed by atoms with Crippen molar-refractivity contribution >= 4 is 18.0 Å². The lowest BCUT2D eigenvalue weighted by atomic mass is 9.90. The molecule has 0 saturated carbocycles. The number of benzene rings is 2. The number of para-hydroxylation sites is 1. The molecule has 2 aromatic carbocycles. The number of nitriles is 1. The topological polar surface area (TPSA) is 88.4 Å². The molecule has 6 heteroatoms. The Labute approximate surface area is 170 Å². The van der Waals surface area contributed by atoms with E-state index in [9.17, 15) is 14.9 Å². The van der Waals surface area contributed by atoms with Gasteiger partial charge in [-0.1, -0.05) is 44.2 Å². The molecule has 0 spiro atoms. The molecule has 0 bridgehead atoms. The number of amides is 1. The van der Waals surface area contributed by atoms with Crippen molar-refractivity contribution in [1.82, 2.24) is 5.32 Å². The van der Waals surface area contributed by atoms with E-state index in [4.69, 9.17) is 9.47 Å². The van der Waals surface area contributed by atoms with Gasteiger partial charge in [0.15, 0.2) is 6.61 Å². The second kappa shape index (κ2) is 10.1. The highest BCUT2D eigenvalue weighted by Gasteiger charge is 2.30. The highest BCUT2D eigenvalue weighted by atomic mass is 16.5. The molecular formula is C23H24N2O4. The normalized spacial score (nSPS) is 12.8. The van der Waals surface area contributed by atoms with Crippen LogP contribution in [0.3, 0.4) is 0 Å². The first-order chi connectivity index (χ1) is 13.8. The molecule has 6 nitrogen and oxygen atoms in total. The molecular weight excluding hydrogens is 368 g/mol. The monoisotopic (exact) mass is 392 g/mol. The van der Waals surface area contributed by atoms with E-state index in [1.807, 2.05) is 62.4 Å². The van der Waals surface area contributed by atoms with E-state index >= 15 is 0 Å². The maximum atomic E-state index is 11.9. The van der Waals surface area contributed by atoms with Gasteiger partial charge in [0.1, 0.15) is 17.0 Å². The Hall–Kier alpha value is -3.59. The maximum absolute atomic E-state index is 11.9. The van der Waals surface area contributed by atoms with Gasteiger partial charge in [-0.2, -0.15) is 5.26 Å². The fraction of sp³-hybridized carbons (Fsp3) is 0.261. The van der Waals surface area contributed by atoms with Crippen LogP contribution in [0.2, 0.25) is 0 Å². The Balaban J connectivity index is 1.88. The van der Waals surface area contributed by atoms with Crippen molar-refractivity contribution in [2.24, 2.45) is 5.92 Å². The zero-order valence-corrected chi connectivity index (χ0v) is 16.7. The largest absolute Gasteiger partial charge is 0.457 e. The Morgan fingerprint density at radius 2 is 1.83 bits per heavy atom. The minimum Gasteiger partial charge on any atom is -0.457 e. The summed E-state index contributed by atoms with van der Waals surface area (Å²) in [5.41, 5.74) is -0.268. The van der Waals surface area contributed by atoms with Crippen molar-refractivity contribution in [3.8, 4) is 17.6 Å². The van der Waals surface area contributed by atoms with Crippen LogP contribution in [0, 0.1) is 17.2 Å². The first-order valence-electron chi connectivity index (χ1n) is 9.22. The molecule has 1 atom stereocenters. The third-order valence-corrected chi connectivity index (χ3v) is 4.38. The van der Waals surface area contributed by atoms with Crippen LogP contribution >= 0.6 is 0 Å². The Kier molecular flexibility index (Phi) is 7.55. The van der Waals surface area contributed by atoms with Crippen molar-refractivity contribution in [2.45, 2.75) is 26.3 Å². The summed E-state index contributed by atoms with van der Waals surface area (Å²) < 4.78 is 10.7. The second-order valence-corrected chi connectivity index (χ2v) is 6.95. The van der Waals surface area contributed by atoms with Crippen LogP contribution in [0.25, 0.3) is 6.08 Å². The van der Waals surface area contributed by atoms with Crippen molar-refractivity contribution in [1.29, 1.82) is 5.26 Å². The van der Waals surface area contributed by atoms with Crippen molar-refractivity contribution in [3.05, 3.63) is 66.2 Å². The molecule has 0 aliphatic heterocycles. The summed E-state index contributed by atoms with van der Waals surface area (Å²) in [4.78, 5) is 23.8. The van der Waals surface area contributed by atoms with Crippen LogP contribution in [-0.4, -0.2) is 24.0 Å². The van der Waals surface area contributed by atoms with Crippen LogP contribution in [0.5, 0.6) is 11.5 Å². The van der Waals surface area contributed by atoms with E-state index in [1.54, 1.807) is 19.1 Å². The van der Waals surface area contributed by atoms with Gasteiger partial charge < -0.3 is 14.8 Å². The van der Waals surface area contributed by atoms with Gasteiger partial charge in [0.05, 0.1) is 6.07 Å². The summed E-state index contributed by atoms with van der Waals surface area (Å²) in [6.07, 6.45) is 2.81. The molecule has 2 rings (SSSR count). The van der Waals surface area contributed by atoms with Crippen LogP contribution in [-0.2, 0) is 14.3 Å². The SMILES string of the molecule is CC(C)C(C)(C#N)NC(=O)COC(=O)/C=C/c1cccc(Oc2ccccc2)c1. The Morgan fingerprint density at radius 1 is 1.14 bits per heavy atom. The average molecular weight is 392 g/mol. The molecule has 0 fully saturated rings. The van der Waals surface area contributed by atoms with Gasteiger partial charge in [-0.25, -0.2) is 4.79 Å². The van der Waals surface area contributed by atoms with E-state index in [0.29, 0.717) is 11.5 Å². The number of esters is 1. The molecule has 0 aliphatic carbocycles. The zero-order valence-electron chi connectivity index (χ0n) is 16.7. The summed E-state index contributed by atoms with van der Waals surface area (Å²) in [5, 5.41) is 11.8. The summed E-state index contributed by atoms with van der Waals surface area (Å²) in [7, 11) is 0. The molecule has 29 heavy (non-hydrogen) atoms. The first kappa shape index (κ1) is 21.7. The van der Waals surface area contributed by atoms with E-state index in [0.717, 1.165) is 5.56 Å². The summed E-state index contributed by atoms with van der Waals surface area (Å²) >= 11 is 0. The predicted octanol–water partition coefficient (Wildman–Crippen LogP) is 4.09. The van der Waals surface area contributed by atoms with Crippen LogP contribution < -0.4 is 10.1 Å². The molecule has 150 valence electrons. The number of ether oxygens (including phenoxy) is 2. The minimum atomic E-state index is -1.02. The molecule has 1 N–H and O–H groups in total. The van der Waals surface area contributed by atoms with Gasteiger partial charge >= 0.3 is 5.97 Å². The number of rotatable bonds is 8. The molecule has 0 radical (unpaired) electrons. The van der Waals surface area contributed by atoms with E-state index in [2.05, 4.69) is 11.4 Å². The third-order valence-electron chi connectivity index (χ3n) is 4.38. The van der Waals surface area contributed by atoms with Gasteiger partial charge in [-0.15, -0.1) is 0 Å². The fourth-order valence-corrected chi connectivity index (χ4v) is 2.28. The maximum Gasteiger partial charge on any atom is 0.331 e. The zero-order chi connectivity index (χ0) is 21.3. The Morgan fingerprint density at radius 3 is 2.48 bits per heavy atom. The van der Waals surface area contributed by atoms with Gasteiger partial charge in [0.2, 0.25) is 0 Å². The van der Waals surface area contributed by atoms with E-state index in [1.165, 1.54) is 6.08 Å². The number of hydrogen-bond acceptors (Lipinski definition) is 5. The fourth-order valence-electron chi connectivity index (χ4n) is 2.28. The summed E-state index contributed by atoms with van der Waals surface area (Å²) in [6, 6.07) is 18.7. The average Bonchev–Trinajstić information content (AvgIpc) is 2.71. The third kappa shape index (κ3) is 6.82.